The molecule has 2 fully saturated rings. The highest BCUT2D eigenvalue weighted by atomic mass is 32.2. The van der Waals surface area contributed by atoms with Gasteiger partial charge in [0.15, 0.2) is 22.9 Å². The molecule has 6 aromatic heterocycles. The summed E-state index contributed by atoms with van der Waals surface area (Å²) in [4.78, 5) is 88.9. The van der Waals surface area contributed by atoms with Crippen LogP contribution in [0.25, 0.3) is 56.0 Å². The zero-order valence-electron chi connectivity index (χ0n) is 50.1. The number of fused-ring (bicyclic) bond motifs is 2. The van der Waals surface area contributed by atoms with E-state index in [1.54, 1.807) is 71.1 Å². The lowest BCUT2D eigenvalue weighted by Crippen LogP contribution is -2.58. The van der Waals surface area contributed by atoms with Crippen molar-refractivity contribution >= 4 is 69.0 Å². The Balaban J connectivity index is 0.000000205. The van der Waals surface area contributed by atoms with Gasteiger partial charge in [0.05, 0.1) is 44.7 Å². The van der Waals surface area contributed by atoms with E-state index in [9.17, 15) is 19.2 Å². The Morgan fingerprint density at radius 1 is 0.581 bits per heavy atom. The number of hydrogen-bond acceptors (Lipinski definition) is 14. The zero-order chi connectivity index (χ0) is 62.3. The summed E-state index contributed by atoms with van der Waals surface area (Å²) >= 11 is 2.55. The molecule has 8 aromatic rings. The smallest absolute Gasteiger partial charge is 0.352 e. The van der Waals surface area contributed by atoms with E-state index in [2.05, 4.69) is 33.1 Å². The van der Waals surface area contributed by atoms with Crippen LogP contribution in [-0.2, 0) is 9.59 Å². The van der Waals surface area contributed by atoms with E-state index in [-0.39, 0.29) is 93.3 Å². The summed E-state index contributed by atoms with van der Waals surface area (Å²) in [6.07, 6.45) is 9.48. The molecular formula is C64H68F4N12O4S2. The molecular weight excluding hydrogens is 1140 g/mol. The molecule has 2 aliphatic heterocycles. The number of pyridine rings is 4. The average molecular weight is 1210 g/mol. The average Bonchev–Trinajstić information content (AvgIpc) is 0.825. The van der Waals surface area contributed by atoms with Crippen LogP contribution >= 0.6 is 23.5 Å². The van der Waals surface area contributed by atoms with Gasteiger partial charge in [-0.2, -0.15) is 9.97 Å². The minimum atomic E-state index is -0.741. The maximum absolute atomic E-state index is 16.1. The summed E-state index contributed by atoms with van der Waals surface area (Å²) in [6, 6.07) is 14.3. The number of nitrogens with zero attached hydrogens (tertiary/aromatic N) is 12. The topological polar surface area (TPSA) is 168 Å². The number of piperazine rings is 2. The molecule has 448 valence electrons. The fraction of sp³-hybridized carbons (Fsp3) is 0.344. The standard InChI is InChI=1S/2C32H34F2N6O2S/c1-8-25(41)38-15-20(6)39(16-19(38)5)30-21-14-23(34)28(26-22(33)10-9-11-24(26)43-7)36-31(21)40(32(42)37-30)29-18(4)12-13-35-27(29)17(2)3;1-8-25(41)39-19(5)15-38(16-20(39)6)30-21-14-23(34)28(26-22(33)10-9-11-24(26)43-7)36-31(21)40(32(42)37-30)29-18(4)12-13-35-27(29)17(2)3/h2*8-14,17,19-20H,1,15-16H2,2-7H3/t2*19-,20+/m1./s1. The predicted octanol–water partition coefficient (Wildman–Crippen LogP) is 11.8. The zero-order valence-corrected chi connectivity index (χ0v) is 51.8. The third-order valence-electron chi connectivity index (χ3n) is 15.7. The summed E-state index contributed by atoms with van der Waals surface area (Å²) in [5, 5.41) is 0.590. The van der Waals surface area contributed by atoms with Gasteiger partial charge in [0, 0.05) is 72.5 Å². The van der Waals surface area contributed by atoms with Crippen molar-refractivity contribution in [2.24, 2.45) is 0 Å². The number of hydrogen-bond donors (Lipinski definition) is 0. The van der Waals surface area contributed by atoms with Crippen molar-refractivity contribution < 1.29 is 27.2 Å². The normalized spacial score (nSPS) is 17.1. The van der Waals surface area contributed by atoms with Gasteiger partial charge in [-0.15, -0.1) is 23.5 Å². The second kappa shape index (κ2) is 25.4. The van der Waals surface area contributed by atoms with Gasteiger partial charge in [-0.1, -0.05) is 53.0 Å². The Morgan fingerprint density at radius 3 is 1.45 bits per heavy atom. The van der Waals surface area contributed by atoms with Crippen LogP contribution in [0.1, 0.15) is 89.7 Å². The first-order valence-corrected chi connectivity index (χ1v) is 30.6. The summed E-state index contributed by atoms with van der Waals surface area (Å²) in [7, 11) is 0. The van der Waals surface area contributed by atoms with Gasteiger partial charge >= 0.3 is 11.4 Å². The molecule has 0 radical (unpaired) electrons. The molecule has 16 nitrogen and oxygen atoms in total. The first-order valence-electron chi connectivity index (χ1n) is 28.2. The SMILES string of the molecule is C=CC(=O)N1C[C@H](C)N(c2nc(=O)n(-c3c(C)ccnc3C(C)C)c3nc(-c4c(F)cccc4SC)c(F)cc23)C[C@H]1C.C=CC(=O)N1[C@H](C)CN(c2nc(=O)n(-c3c(C)ccnc3C(C)C)c3nc(-c4c(F)cccc4SC)c(F)cc23)C[C@@H]1C. The Hall–Kier alpha value is -8.24. The molecule has 0 spiro atoms. The number of rotatable bonds is 12. The fourth-order valence-electron chi connectivity index (χ4n) is 11.7. The molecule has 2 aromatic carbocycles. The van der Waals surface area contributed by atoms with Gasteiger partial charge in [-0.25, -0.2) is 46.3 Å². The highest BCUT2D eigenvalue weighted by Crippen LogP contribution is 2.40. The second-order valence-corrected chi connectivity index (χ2v) is 23.9. The fourth-order valence-corrected chi connectivity index (χ4v) is 12.9. The minimum Gasteiger partial charge on any atom is -0.352 e. The van der Waals surface area contributed by atoms with Gasteiger partial charge in [-0.05, 0) is 138 Å². The first kappa shape index (κ1) is 62.3. The first-order chi connectivity index (χ1) is 41.0. The molecule has 2 aliphatic rings. The van der Waals surface area contributed by atoms with Crippen molar-refractivity contribution in [2.45, 2.75) is 115 Å². The van der Waals surface area contributed by atoms with E-state index in [1.165, 1.54) is 69.1 Å². The lowest BCUT2D eigenvalue weighted by molar-refractivity contribution is -0.131. The molecule has 0 unspecified atom stereocenters. The van der Waals surface area contributed by atoms with Crippen LogP contribution in [0.5, 0.6) is 0 Å². The summed E-state index contributed by atoms with van der Waals surface area (Å²) < 4.78 is 65.5. The van der Waals surface area contributed by atoms with Crippen molar-refractivity contribution in [1.29, 1.82) is 0 Å². The number of aromatic nitrogens is 8. The molecule has 0 saturated carbocycles. The van der Waals surface area contributed by atoms with E-state index in [0.717, 1.165) is 11.1 Å². The van der Waals surface area contributed by atoms with Gasteiger partial charge < -0.3 is 19.6 Å². The van der Waals surface area contributed by atoms with Crippen LogP contribution in [0, 0.1) is 37.1 Å². The van der Waals surface area contributed by atoms with Crippen LogP contribution in [0.2, 0.25) is 0 Å². The van der Waals surface area contributed by atoms with E-state index in [4.69, 9.17) is 9.97 Å². The van der Waals surface area contributed by atoms with Crippen LogP contribution in [0.15, 0.2) is 118 Å². The number of carbonyl (C=O) groups is 2. The highest BCUT2D eigenvalue weighted by Gasteiger charge is 2.37. The molecule has 8 heterocycles. The number of carbonyl (C=O) groups excluding carboxylic acids is 2. The molecule has 4 atom stereocenters. The highest BCUT2D eigenvalue weighted by molar-refractivity contribution is 7.99. The number of thioether (sulfide) groups is 2. The van der Waals surface area contributed by atoms with E-state index in [1.807, 2.05) is 79.0 Å². The van der Waals surface area contributed by atoms with Crippen LogP contribution in [0.3, 0.4) is 0 Å². The number of amides is 2. The molecule has 10 rings (SSSR count). The van der Waals surface area contributed by atoms with Gasteiger partial charge in [0.1, 0.15) is 34.7 Å². The molecule has 22 heteroatoms. The van der Waals surface area contributed by atoms with Crippen molar-refractivity contribution in [3.05, 3.63) is 165 Å². The minimum absolute atomic E-state index is 0.0253. The molecule has 0 bridgehead atoms. The monoisotopic (exact) mass is 1210 g/mol. The third-order valence-corrected chi connectivity index (χ3v) is 17.2. The number of anilines is 2. The quantitative estimate of drug-likeness (QED) is 0.0643. The Kier molecular flexibility index (Phi) is 18.4. The Morgan fingerprint density at radius 2 is 1.02 bits per heavy atom. The number of benzene rings is 2. The van der Waals surface area contributed by atoms with Gasteiger partial charge in [0.2, 0.25) is 11.8 Å². The third kappa shape index (κ3) is 11.5. The van der Waals surface area contributed by atoms with Crippen LogP contribution in [0.4, 0.5) is 29.2 Å². The maximum Gasteiger partial charge on any atom is 0.355 e. The summed E-state index contributed by atoms with van der Waals surface area (Å²) in [6.45, 7) is 27.9. The molecule has 0 N–H and O–H groups in total. The second-order valence-electron chi connectivity index (χ2n) is 22.3. The number of halogens is 4. The molecule has 2 saturated heterocycles. The Bertz CT molecular complexity index is 4130. The molecule has 2 amide bonds. The van der Waals surface area contributed by atoms with Crippen molar-refractivity contribution in [2.75, 3.05) is 48.5 Å². The Labute approximate surface area is 505 Å². The van der Waals surface area contributed by atoms with Crippen molar-refractivity contribution in [3.8, 4) is 33.9 Å². The van der Waals surface area contributed by atoms with Crippen molar-refractivity contribution in [3.63, 3.8) is 0 Å². The van der Waals surface area contributed by atoms with Crippen LogP contribution in [-0.4, -0.2) is 124 Å². The van der Waals surface area contributed by atoms with E-state index in [0.29, 0.717) is 69.5 Å². The number of aryl methyl sites for hydroxylation is 2. The van der Waals surface area contributed by atoms with Crippen LogP contribution < -0.4 is 21.2 Å². The summed E-state index contributed by atoms with van der Waals surface area (Å²) in [5.74, 6) is -2.69. The largest absolute Gasteiger partial charge is 0.355 e. The van der Waals surface area contributed by atoms with E-state index >= 15 is 17.6 Å². The van der Waals surface area contributed by atoms with Gasteiger partial charge in [0.25, 0.3) is 0 Å². The summed E-state index contributed by atoms with van der Waals surface area (Å²) in [5.41, 5.74) is 2.56. The predicted molar refractivity (Wildman–Crippen MR) is 334 cm³/mol. The lowest BCUT2D eigenvalue weighted by atomic mass is 10.0. The molecule has 0 aliphatic carbocycles. The van der Waals surface area contributed by atoms with Crippen molar-refractivity contribution in [1.82, 2.24) is 48.8 Å². The molecule has 86 heavy (non-hydrogen) atoms. The van der Waals surface area contributed by atoms with E-state index < -0.39 is 34.6 Å². The van der Waals surface area contributed by atoms with Gasteiger partial charge in [-0.3, -0.25) is 19.6 Å². The lowest BCUT2D eigenvalue weighted by Gasteiger charge is -2.44. The maximum atomic E-state index is 16.1.